The molecule has 1 aromatic carbocycles. The molecule has 1 aromatic rings. The number of benzene rings is 1. The van der Waals surface area contributed by atoms with Crippen molar-refractivity contribution >= 4 is 0 Å². The third-order valence-electron chi connectivity index (χ3n) is 1.98. The maximum Gasteiger partial charge on any atom is 0.105 e. The van der Waals surface area contributed by atoms with Gasteiger partial charge in [0.25, 0.3) is 0 Å². The first-order valence-electron chi connectivity index (χ1n) is 4.57. The van der Waals surface area contributed by atoms with Crippen molar-refractivity contribution in [3.8, 4) is 0 Å². The van der Waals surface area contributed by atoms with Gasteiger partial charge in [0, 0.05) is 6.61 Å². The van der Waals surface area contributed by atoms with E-state index >= 15 is 0 Å². The number of hydrogen-bond acceptors (Lipinski definition) is 2. The predicted molar refractivity (Wildman–Crippen MR) is 52.6 cm³/mol. The summed E-state index contributed by atoms with van der Waals surface area (Å²) in [5.41, 5.74) is 2.26. The zero-order valence-electron chi connectivity index (χ0n) is 8.16. The van der Waals surface area contributed by atoms with Crippen LogP contribution in [0.1, 0.15) is 24.2 Å². The second kappa shape index (κ2) is 5.00. The molecule has 1 rings (SSSR count). The van der Waals surface area contributed by atoms with Gasteiger partial charge in [-0.05, 0) is 19.4 Å². The van der Waals surface area contributed by atoms with E-state index in [0.717, 1.165) is 5.56 Å². The van der Waals surface area contributed by atoms with Crippen LogP contribution < -0.4 is 0 Å². The quantitative estimate of drug-likeness (QED) is 0.768. The Hall–Kier alpha value is -0.860. The van der Waals surface area contributed by atoms with Crippen LogP contribution in [0.3, 0.4) is 0 Å². The summed E-state index contributed by atoms with van der Waals surface area (Å²) in [6, 6.07) is 8.03. The molecule has 0 aliphatic heterocycles. The number of ether oxygens (including phenoxy) is 1. The SMILES string of the molecule is CCOC(CO)c1ccc(C)cc1. The van der Waals surface area contributed by atoms with Crippen molar-refractivity contribution in [2.24, 2.45) is 0 Å². The fourth-order valence-electron chi connectivity index (χ4n) is 1.24. The number of rotatable bonds is 4. The highest BCUT2D eigenvalue weighted by Gasteiger charge is 2.08. The molecule has 0 bridgehead atoms. The van der Waals surface area contributed by atoms with E-state index in [1.165, 1.54) is 5.56 Å². The smallest absolute Gasteiger partial charge is 0.105 e. The molecule has 0 aromatic heterocycles. The molecule has 0 spiro atoms. The summed E-state index contributed by atoms with van der Waals surface area (Å²) in [4.78, 5) is 0. The van der Waals surface area contributed by atoms with Crippen molar-refractivity contribution in [1.82, 2.24) is 0 Å². The lowest BCUT2D eigenvalue weighted by molar-refractivity contribution is 0.0189. The summed E-state index contributed by atoms with van der Waals surface area (Å²) in [6.45, 7) is 4.63. The van der Waals surface area contributed by atoms with Crippen LogP contribution in [0.25, 0.3) is 0 Å². The average molecular weight is 180 g/mol. The zero-order valence-corrected chi connectivity index (χ0v) is 8.16. The lowest BCUT2D eigenvalue weighted by atomic mass is 10.1. The molecule has 2 heteroatoms. The summed E-state index contributed by atoms with van der Waals surface area (Å²) in [7, 11) is 0. The van der Waals surface area contributed by atoms with Gasteiger partial charge in [-0.15, -0.1) is 0 Å². The molecule has 1 N–H and O–H groups in total. The Labute approximate surface area is 79.2 Å². The number of aryl methyl sites for hydroxylation is 1. The highest BCUT2D eigenvalue weighted by molar-refractivity contribution is 5.23. The maximum absolute atomic E-state index is 9.05. The maximum atomic E-state index is 9.05. The molecule has 13 heavy (non-hydrogen) atoms. The Morgan fingerprint density at radius 1 is 1.31 bits per heavy atom. The van der Waals surface area contributed by atoms with Gasteiger partial charge in [-0.2, -0.15) is 0 Å². The zero-order chi connectivity index (χ0) is 9.68. The fourth-order valence-corrected chi connectivity index (χ4v) is 1.24. The Morgan fingerprint density at radius 2 is 1.92 bits per heavy atom. The third-order valence-corrected chi connectivity index (χ3v) is 1.98. The fraction of sp³-hybridized carbons (Fsp3) is 0.455. The molecule has 2 nitrogen and oxygen atoms in total. The summed E-state index contributed by atoms with van der Waals surface area (Å²) < 4.78 is 5.37. The standard InChI is InChI=1S/C11H16O2/c1-3-13-11(8-12)10-6-4-9(2)5-7-10/h4-7,11-12H,3,8H2,1-2H3. The van der Waals surface area contributed by atoms with Crippen molar-refractivity contribution in [2.45, 2.75) is 20.0 Å². The Morgan fingerprint density at radius 3 is 2.38 bits per heavy atom. The minimum absolute atomic E-state index is 0.0386. The van der Waals surface area contributed by atoms with Gasteiger partial charge in [0.1, 0.15) is 6.10 Å². The van der Waals surface area contributed by atoms with Crippen molar-refractivity contribution in [3.05, 3.63) is 35.4 Å². The summed E-state index contributed by atoms with van der Waals surface area (Å²) in [6.07, 6.45) is -0.175. The van der Waals surface area contributed by atoms with Crippen LogP contribution >= 0.6 is 0 Å². The van der Waals surface area contributed by atoms with E-state index in [1.54, 1.807) is 0 Å². The summed E-state index contributed by atoms with van der Waals surface area (Å²) in [5, 5.41) is 9.05. The molecule has 1 unspecified atom stereocenters. The van der Waals surface area contributed by atoms with Gasteiger partial charge < -0.3 is 9.84 Å². The highest BCUT2D eigenvalue weighted by Crippen LogP contribution is 2.16. The molecule has 0 heterocycles. The minimum atomic E-state index is -0.175. The van der Waals surface area contributed by atoms with Crippen molar-refractivity contribution in [3.63, 3.8) is 0 Å². The summed E-state index contributed by atoms with van der Waals surface area (Å²) >= 11 is 0. The second-order valence-corrected chi connectivity index (χ2v) is 3.04. The Balaban J connectivity index is 2.73. The predicted octanol–water partition coefficient (Wildman–Crippen LogP) is 2.06. The average Bonchev–Trinajstić information content (AvgIpc) is 2.16. The molecule has 0 saturated carbocycles. The molecule has 0 fully saturated rings. The molecule has 0 radical (unpaired) electrons. The van der Waals surface area contributed by atoms with Crippen LogP contribution in [0.4, 0.5) is 0 Å². The van der Waals surface area contributed by atoms with Gasteiger partial charge in [-0.3, -0.25) is 0 Å². The van der Waals surface area contributed by atoms with Crippen LogP contribution in [-0.2, 0) is 4.74 Å². The molecular weight excluding hydrogens is 164 g/mol. The van der Waals surface area contributed by atoms with E-state index in [9.17, 15) is 0 Å². The number of aliphatic hydroxyl groups is 1. The lowest BCUT2D eigenvalue weighted by Crippen LogP contribution is -2.08. The van der Waals surface area contributed by atoms with Crippen LogP contribution in [0, 0.1) is 6.92 Å². The molecule has 72 valence electrons. The van der Waals surface area contributed by atoms with Crippen LogP contribution in [0.2, 0.25) is 0 Å². The molecule has 0 amide bonds. The van der Waals surface area contributed by atoms with Gasteiger partial charge in [0.15, 0.2) is 0 Å². The topological polar surface area (TPSA) is 29.5 Å². The first-order chi connectivity index (χ1) is 6.27. The summed E-state index contributed by atoms with van der Waals surface area (Å²) in [5.74, 6) is 0. The van der Waals surface area contributed by atoms with Crippen molar-refractivity contribution in [1.29, 1.82) is 0 Å². The first kappa shape index (κ1) is 10.2. The van der Waals surface area contributed by atoms with Crippen LogP contribution in [0.15, 0.2) is 24.3 Å². The molecule has 0 aliphatic rings. The Kier molecular flexibility index (Phi) is 3.93. The van der Waals surface area contributed by atoms with E-state index in [-0.39, 0.29) is 12.7 Å². The van der Waals surface area contributed by atoms with Crippen molar-refractivity contribution < 1.29 is 9.84 Å². The van der Waals surface area contributed by atoms with Gasteiger partial charge in [0.2, 0.25) is 0 Å². The van der Waals surface area contributed by atoms with Crippen molar-refractivity contribution in [2.75, 3.05) is 13.2 Å². The molecule has 0 saturated heterocycles. The van der Waals surface area contributed by atoms with Gasteiger partial charge >= 0.3 is 0 Å². The Bertz CT molecular complexity index is 241. The lowest BCUT2D eigenvalue weighted by Gasteiger charge is -2.14. The van der Waals surface area contributed by atoms with Gasteiger partial charge in [-0.25, -0.2) is 0 Å². The molecular formula is C11H16O2. The van der Waals surface area contributed by atoms with Gasteiger partial charge in [0.05, 0.1) is 6.61 Å². The second-order valence-electron chi connectivity index (χ2n) is 3.04. The largest absolute Gasteiger partial charge is 0.393 e. The van der Waals surface area contributed by atoms with Crippen LogP contribution in [0.5, 0.6) is 0 Å². The van der Waals surface area contributed by atoms with E-state index < -0.39 is 0 Å². The van der Waals surface area contributed by atoms with E-state index in [1.807, 2.05) is 38.1 Å². The highest BCUT2D eigenvalue weighted by atomic mass is 16.5. The number of aliphatic hydroxyl groups excluding tert-OH is 1. The molecule has 1 atom stereocenters. The monoisotopic (exact) mass is 180 g/mol. The number of hydrogen-bond donors (Lipinski definition) is 1. The van der Waals surface area contributed by atoms with Crippen LogP contribution in [-0.4, -0.2) is 18.3 Å². The normalized spacial score (nSPS) is 12.8. The van der Waals surface area contributed by atoms with E-state index in [0.29, 0.717) is 6.61 Å². The first-order valence-corrected chi connectivity index (χ1v) is 4.57. The van der Waals surface area contributed by atoms with E-state index in [4.69, 9.17) is 9.84 Å². The minimum Gasteiger partial charge on any atom is -0.393 e. The van der Waals surface area contributed by atoms with Gasteiger partial charge in [-0.1, -0.05) is 29.8 Å². The third kappa shape index (κ3) is 2.83. The van der Waals surface area contributed by atoms with E-state index in [2.05, 4.69) is 0 Å². The molecule has 0 aliphatic carbocycles.